The lowest BCUT2D eigenvalue weighted by molar-refractivity contribution is 0.0948. The quantitative estimate of drug-likeness (QED) is 0.668. The number of carbonyl (C=O) groups is 2. The molecule has 1 atom stereocenters. The Kier molecular flexibility index (Phi) is 5.91. The molecule has 0 aromatic heterocycles. The van der Waals surface area contributed by atoms with E-state index >= 15 is 0 Å². The van der Waals surface area contributed by atoms with Crippen molar-refractivity contribution >= 4 is 17.5 Å². The number of nitriles is 1. The Balaban J connectivity index is 1.50. The van der Waals surface area contributed by atoms with Crippen LogP contribution in [0.4, 0.5) is 5.69 Å². The molecule has 6 heteroatoms. The van der Waals surface area contributed by atoms with Crippen molar-refractivity contribution in [3.63, 3.8) is 0 Å². The molecule has 160 valence electrons. The number of amides is 2. The minimum absolute atomic E-state index is 0.0445. The van der Waals surface area contributed by atoms with E-state index in [0.717, 1.165) is 23.2 Å². The van der Waals surface area contributed by atoms with Crippen LogP contribution in [-0.4, -0.2) is 25.0 Å². The molecule has 0 bridgehead atoms. The Morgan fingerprint density at radius 3 is 2.41 bits per heavy atom. The van der Waals surface area contributed by atoms with Crippen LogP contribution >= 0.6 is 0 Å². The third kappa shape index (κ3) is 4.19. The predicted molar refractivity (Wildman–Crippen MR) is 122 cm³/mol. The Labute approximate surface area is 187 Å². The maximum absolute atomic E-state index is 13.2. The average Bonchev–Trinajstić information content (AvgIpc) is 3.17. The van der Waals surface area contributed by atoms with Crippen LogP contribution in [0.1, 0.15) is 44.3 Å². The molecule has 4 rings (SSSR count). The molecule has 1 aliphatic heterocycles. The number of hydrogen-bond acceptors (Lipinski definition) is 4. The maximum atomic E-state index is 13.2. The van der Waals surface area contributed by atoms with Crippen LogP contribution in [0.15, 0.2) is 66.7 Å². The number of benzene rings is 3. The third-order valence-corrected chi connectivity index (χ3v) is 5.65. The van der Waals surface area contributed by atoms with Crippen LogP contribution in [0.25, 0.3) is 0 Å². The van der Waals surface area contributed by atoms with Crippen LogP contribution in [0.2, 0.25) is 0 Å². The van der Waals surface area contributed by atoms with Gasteiger partial charge in [-0.15, -0.1) is 0 Å². The van der Waals surface area contributed by atoms with Gasteiger partial charge < -0.3 is 15.0 Å². The first-order valence-electron chi connectivity index (χ1n) is 10.4. The molecule has 2 amide bonds. The largest absolute Gasteiger partial charge is 0.497 e. The van der Waals surface area contributed by atoms with E-state index in [1.165, 1.54) is 0 Å². The molecule has 3 aromatic rings. The van der Waals surface area contributed by atoms with Gasteiger partial charge in [-0.2, -0.15) is 5.26 Å². The van der Waals surface area contributed by atoms with Crippen molar-refractivity contribution in [2.45, 2.75) is 25.9 Å². The van der Waals surface area contributed by atoms with Crippen LogP contribution in [0.3, 0.4) is 0 Å². The summed E-state index contributed by atoms with van der Waals surface area (Å²) in [6.07, 6.45) is 0.787. The molecule has 6 nitrogen and oxygen atoms in total. The van der Waals surface area contributed by atoms with Crippen molar-refractivity contribution in [1.82, 2.24) is 5.32 Å². The lowest BCUT2D eigenvalue weighted by Crippen LogP contribution is -2.35. The first-order chi connectivity index (χ1) is 15.5. The molecule has 1 aliphatic rings. The highest BCUT2D eigenvalue weighted by atomic mass is 16.5. The van der Waals surface area contributed by atoms with Crippen molar-refractivity contribution in [2.75, 3.05) is 12.0 Å². The molecule has 0 fully saturated rings. The minimum atomic E-state index is -0.213. The molecule has 1 N–H and O–H groups in total. The van der Waals surface area contributed by atoms with E-state index in [1.54, 1.807) is 55.6 Å². The SMILES string of the molecule is COc1ccc(C(=O)N2c3cc(CNC(=O)c4ccc(C#N)cc4)ccc3CC2C)cc1. The normalized spacial score (nSPS) is 14.4. The standard InChI is InChI=1S/C26H23N3O3/c1-17-13-22-8-5-19(16-28-25(30)20-6-3-18(15-27)4-7-20)14-24(22)29(17)26(31)21-9-11-23(32-2)12-10-21/h3-12,14,17H,13,16H2,1-2H3,(H,28,30). The molecule has 0 spiro atoms. The van der Waals surface area contributed by atoms with Crippen molar-refractivity contribution in [3.05, 3.63) is 94.5 Å². The highest BCUT2D eigenvalue weighted by Gasteiger charge is 2.31. The molecule has 0 saturated carbocycles. The van der Waals surface area contributed by atoms with E-state index in [0.29, 0.717) is 29.0 Å². The summed E-state index contributed by atoms with van der Waals surface area (Å²) in [6, 6.07) is 21.7. The second-order valence-electron chi connectivity index (χ2n) is 7.79. The Morgan fingerprint density at radius 2 is 1.75 bits per heavy atom. The van der Waals surface area contributed by atoms with Crippen molar-refractivity contribution in [1.29, 1.82) is 5.26 Å². The molecule has 32 heavy (non-hydrogen) atoms. The fourth-order valence-electron chi connectivity index (χ4n) is 3.93. The maximum Gasteiger partial charge on any atom is 0.258 e. The van der Waals surface area contributed by atoms with E-state index in [1.807, 2.05) is 36.1 Å². The van der Waals surface area contributed by atoms with Gasteiger partial charge in [0.15, 0.2) is 0 Å². The van der Waals surface area contributed by atoms with Gasteiger partial charge in [-0.1, -0.05) is 12.1 Å². The monoisotopic (exact) mass is 425 g/mol. The molecular weight excluding hydrogens is 402 g/mol. The van der Waals surface area contributed by atoms with Gasteiger partial charge in [-0.25, -0.2) is 0 Å². The number of methoxy groups -OCH3 is 1. The fraction of sp³-hybridized carbons (Fsp3) is 0.192. The smallest absolute Gasteiger partial charge is 0.258 e. The summed E-state index contributed by atoms with van der Waals surface area (Å²) in [7, 11) is 1.59. The summed E-state index contributed by atoms with van der Waals surface area (Å²) in [6.45, 7) is 2.37. The second kappa shape index (κ2) is 8.94. The number of fused-ring (bicyclic) bond motifs is 1. The fourth-order valence-corrected chi connectivity index (χ4v) is 3.93. The van der Waals surface area contributed by atoms with Crippen LogP contribution in [0, 0.1) is 11.3 Å². The average molecular weight is 425 g/mol. The summed E-state index contributed by atoms with van der Waals surface area (Å²) in [5.41, 5.74) is 4.51. The lowest BCUT2D eigenvalue weighted by Gasteiger charge is -2.23. The summed E-state index contributed by atoms with van der Waals surface area (Å²) in [5.74, 6) is 0.434. The van der Waals surface area contributed by atoms with Crippen molar-refractivity contribution in [3.8, 4) is 11.8 Å². The number of anilines is 1. The lowest BCUT2D eigenvalue weighted by atomic mass is 10.1. The Hall–Kier alpha value is -4.11. The minimum Gasteiger partial charge on any atom is -0.497 e. The van der Waals surface area contributed by atoms with Gasteiger partial charge in [-0.05, 0) is 79.1 Å². The second-order valence-corrected chi connectivity index (χ2v) is 7.79. The molecular formula is C26H23N3O3. The third-order valence-electron chi connectivity index (χ3n) is 5.65. The van der Waals surface area contributed by atoms with E-state index in [4.69, 9.17) is 10.00 Å². The topological polar surface area (TPSA) is 82.4 Å². The van der Waals surface area contributed by atoms with E-state index < -0.39 is 0 Å². The predicted octanol–water partition coefficient (Wildman–Crippen LogP) is 4.09. The zero-order chi connectivity index (χ0) is 22.7. The van der Waals surface area contributed by atoms with Crippen LogP contribution < -0.4 is 15.0 Å². The first-order valence-corrected chi connectivity index (χ1v) is 10.4. The van der Waals surface area contributed by atoms with Gasteiger partial charge in [0.25, 0.3) is 11.8 Å². The summed E-state index contributed by atoms with van der Waals surface area (Å²) in [4.78, 5) is 27.5. The number of rotatable bonds is 5. The zero-order valence-electron chi connectivity index (χ0n) is 18.0. The first kappa shape index (κ1) is 21.1. The summed E-state index contributed by atoms with van der Waals surface area (Å²) >= 11 is 0. The number of ether oxygens (including phenoxy) is 1. The highest BCUT2D eigenvalue weighted by Crippen LogP contribution is 2.34. The van der Waals surface area contributed by atoms with Gasteiger partial charge in [0.1, 0.15) is 5.75 Å². The van der Waals surface area contributed by atoms with Crippen molar-refractivity contribution in [2.24, 2.45) is 0 Å². The van der Waals surface area contributed by atoms with E-state index in [9.17, 15) is 9.59 Å². The molecule has 3 aromatic carbocycles. The van der Waals surface area contributed by atoms with Gasteiger partial charge in [0, 0.05) is 29.4 Å². The zero-order valence-corrected chi connectivity index (χ0v) is 18.0. The van der Waals surface area contributed by atoms with Crippen molar-refractivity contribution < 1.29 is 14.3 Å². The Morgan fingerprint density at radius 1 is 1.06 bits per heavy atom. The van der Waals surface area contributed by atoms with Crippen LogP contribution in [-0.2, 0) is 13.0 Å². The molecule has 0 aliphatic carbocycles. The highest BCUT2D eigenvalue weighted by molar-refractivity contribution is 6.07. The molecule has 0 saturated heterocycles. The van der Waals surface area contributed by atoms with Gasteiger partial charge in [0.2, 0.25) is 0 Å². The van der Waals surface area contributed by atoms with Gasteiger partial charge >= 0.3 is 0 Å². The van der Waals surface area contributed by atoms with E-state index in [-0.39, 0.29) is 17.9 Å². The molecule has 1 heterocycles. The molecule has 1 unspecified atom stereocenters. The van der Waals surface area contributed by atoms with Gasteiger partial charge in [-0.3, -0.25) is 9.59 Å². The Bertz CT molecular complexity index is 1190. The molecule has 0 radical (unpaired) electrons. The van der Waals surface area contributed by atoms with Gasteiger partial charge in [0.05, 0.1) is 18.7 Å². The van der Waals surface area contributed by atoms with E-state index in [2.05, 4.69) is 5.32 Å². The number of nitrogens with one attached hydrogen (secondary N) is 1. The number of hydrogen-bond donors (Lipinski definition) is 1. The van der Waals surface area contributed by atoms with Crippen LogP contribution in [0.5, 0.6) is 5.75 Å². The number of carbonyl (C=O) groups excluding carboxylic acids is 2. The number of nitrogens with zero attached hydrogens (tertiary/aromatic N) is 2. The summed E-state index contributed by atoms with van der Waals surface area (Å²) < 4.78 is 5.18. The summed E-state index contributed by atoms with van der Waals surface area (Å²) in [5, 5.41) is 11.8.